The van der Waals surface area contributed by atoms with Crippen LogP contribution in [0.3, 0.4) is 0 Å². The second-order valence-corrected chi connectivity index (χ2v) is 6.04. The molecule has 2 rings (SSSR count). The van der Waals surface area contributed by atoms with Crippen LogP contribution in [0.2, 0.25) is 5.02 Å². The molecule has 21 heavy (non-hydrogen) atoms. The van der Waals surface area contributed by atoms with Gasteiger partial charge in [-0.15, -0.1) is 10.2 Å². The highest BCUT2D eigenvalue weighted by Gasteiger charge is 2.24. The maximum Gasteiger partial charge on any atom is 0.271 e. The van der Waals surface area contributed by atoms with Gasteiger partial charge in [-0.1, -0.05) is 11.6 Å². The van der Waals surface area contributed by atoms with Crippen molar-refractivity contribution in [1.29, 1.82) is 0 Å². The van der Waals surface area contributed by atoms with Crippen molar-refractivity contribution in [2.75, 3.05) is 0 Å². The molecule has 7 nitrogen and oxygen atoms in total. The number of rotatable bonds is 3. The second kappa shape index (κ2) is 5.42. The fourth-order valence-corrected chi connectivity index (χ4v) is 2.38. The number of non-ortho nitro benzene ring substituents is 1. The number of hydrogen-bond donors (Lipinski definition) is 1. The molecular weight excluding hydrogens is 294 g/mol. The van der Waals surface area contributed by atoms with Crippen LogP contribution in [0.1, 0.15) is 26.6 Å². The van der Waals surface area contributed by atoms with Crippen molar-refractivity contribution >= 4 is 17.3 Å². The lowest BCUT2D eigenvalue weighted by atomic mass is 10.1. The van der Waals surface area contributed by atoms with Crippen LogP contribution < -0.4 is 5.73 Å². The quantitative estimate of drug-likeness (QED) is 0.694. The predicted molar refractivity (Wildman–Crippen MR) is 80.0 cm³/mol. The summed E-state index contributed by atoms with van der Waals surface area (Å²) in [6.07, 6.45) is 0. The first-order chi connectivity index (χ1) is 9.74. The number of nitro groups is 1. The number of halogens is 1. The monoisotopic (exact) mass is 309 g/mol. The van der Waals surface area contributed by atoms with Crippen LogP contribution in [0, 0.1) is 10.1 Å². The normalized spacial score (nSPS) is 11.7. The largest absolute Gasteiger partial charge is 0.324 e. The molecule has 0 aliphatic heterocycles. The molecule has 0 spiro atoms. The summed E-state index contributed by atoms with van der Waals surface area (Å²) < 4.78 is 1.86. The van der Waals surface area contributed by atoms with E-state index < -0.39 is 4.92 Å². The van der Waals surface area contributed by atoms with Crippen LogP contribution >= 0.6 is 11.6 Å². The van der Waals surface area contributed by atoms with Crippen molar-refractivity contribution < 1.29 is 4.92 Å². The Hall–Kier alpha value is -1.99. The molecule has 0 aliphatic rings. The van der Waals surface area contributed by atoms with Crippen molar-refractivity contribution in [2.45, 2.75) is 32.9 Å². The molecule has 1 aromatic heterocycles. The summed E-state index contributed by atoms with van der Waals surface area (Å²) in [7, 11) is 0. The molecule has 0 radical (unpaired) electrons. The fourth-order valence-electron chi connectivity index (χ4n) is 2.15. The Balaban J connectivity index is 2.68. The van der Waals surface area contributed by atoms with Crippen LogP contribution in [0.5, 0.6) is 0 Å². The van der Waals surface area contributed by atoms with E-state index in [-0.39, 0.29) is 22.8 Å². The Morgan fingerprint density at radius 2 is 2.00 bits per heavy atom. The molecule has 0 amide bonds. The molecule has 1 aromatic carbocycles. The summed E-state index contributed by atoms with van der Waals surface area (Å²) in [5.74, 6) is 1.12. The maximum atomic E-state index is 11.0. The SMILES string of the molecule is CC(C)(C)n1c(CN)nnc1-c1cc(Cl)cc([N+](=O)[O-])c1. The number of hydrogen-bond acceptors (Lipinski definition) is 5. The van der Waals surface area contributed by atoms with E-state index in [9.17, 15) is 10.1 Å². The van der Waals surface area contributed by atoms with Gasteiger partial charge in [-0.05, 0) is 26.8 Å². The molecule has 0 bridgehead atoms. The Bertz CT molecular complexity index is 690. The average Bonchev–Trinajstić information content (AvgIpc) is 2.81. The zero-order valence-electron chi connectivity index (χ0n) is 12.0. The molecule has 0 saturated heterocycles. The van der Waals surface area contributed by atoms with Crippen molar-refractivity contribution in [1.82, 2.24) is 14.8 Å². The van der Waals surface area contributed by atoms with E-state index in [1.807, 2.05) is 25.3 Å². The zero-order valence-corrected chi connectivity index (χ0v) is 12.8. The molecule has 8 heteroatoms. The van der Waals surface area contributed by atoms with Crippen LogP contribution in [-0.2, 0) is 12.1 Å². The average molecular weight is 310 g/mol. The molecule has 0 atom stereocenters. The minimum absolute atomic E-state index is 0.0877. The van der Waals surface area contributed by atoms with Gasteiger partial charge in [0.25, 0.3) is 5.69 Å². The first-order valence-electron chi connectivity index (χ1n) is 6.34. The zero-order chi connectivity index (χ0) is 15.8. The van der Waals surface area contributed by atoms with Crippen molar-refractivity contribution in [3.05, 3.63) is 39.2 Å². The molecule has 0 aliphatic carbocycles. The van der Waals surface area contributed by atoms with Crippen molar-refractivity contribution in [3.8, 4) is 11.4 Å². The number of benzene rings is 1. The van der Waals surface area contributed by atoms with Gasteiger partial charge < -0.3 is 10.3 Å². The topological polar surface area (TPSA) is 99.9 Å². The van der Waals surface area contributed by atoms with Crippen LogP contribution in [0.25, 0.3) is 11.4 Å². The highest BCUT2D eigenvalue weighted by Crippen LogP contribution is 2.30. The van der Waals surface area contributed by atoms with E-state index in [0.717, 1.165) is 0 Å². The smallest absolute Gasteiger partial charge is 0.271 e. The lowest BCUT2D eigenvalue weighted by Gasteiger charge is -2.24. The van der Waals surface area contributed by atoms with Gasteiger partial charge in [0.05, 0.1) is 11.5 Å². The highest BCUT2D eigenvalue weighted by molar-refractivity contribution is 6.31. The third-order valence-corrected chi connectivity index (χ3v) is 3.15. The van der Waals surface area contributed by atoms with Crippen LogP contribution in [-0.4, -0.2) is 19.7 Å². The first-order valence-corrected chi connectivity index (χ1v) is 6.72. The summed E-state index contributed by atoms with van der Waals surface area (Å²) in [6.45, 7) is 6.18. The summed E-state index contributed by atoms with van der Waals surface area (Å²) in [5, 5.41) is 19.4. The van der Waals surface area contributed by atoms with E-state index in [0.29, 0.717) is 17.2 Å². The summed E-state index contributed by atoms with van der Waals surface area (Å²) in [4.78, 5) is 10.5. The van der Waals surface area contributed by atoms with E-state index in [1.165, 1.54) is 12.1 Å². The standard InChI is InChI=1S/C13H16ClN5O2/c1-13(2,3)18-11(7-15)16-17-12(18)8-4-9(14)6-10(5-8)19(20)21/h4-6H,7,15H2,1-3H3. The van der Waals surface area contributed by atoms with Crippen LogP contribution in [0.4, 0.5) is 5.69 Å². The first kappa shape index (κ1) is 15.4. The van der Waals surface area contributed by atoms with E-state index in [1.54, 1.807) is 6.07 Å². The molecule has 0 saturated carbocycles. The summed E-state index contributed by atoms with van der Waals surface area (Å²) >= 11 is 5.96. The molecule has 0 fully saturated rings. The Morgan fingerprint density at radius 1 is 1.33 bits per heavy atom. The fraction of sp³-hybridized carbons (Fsp3) is 0.385. The van der Waals surface area contributed by atoms with Crippen LogP contribution in [0.15, 0.2) is 18.2 Å². The minimum Gasteiger partial charge on any atom is -0.324 e. The van der Waals surface area contributed by atoms with Gasteiger partial charge in [-0.2, -0.15) is 0 Å². The Labute approximate surface area is 126 Å². The number of nitro benzene ring substituents is 1. The summed E-state index contributed by atoms with van der Waals surface area (Å²) in [5.41, 5.74) is 5.82. The third-order valence-electron chi connectivity index (χ3n) is 2.94. The molecule has 2 N–H and O–H groups in total. The lowest BCUT2D eigenvalue weighted by Crippen LogP contribution is -2.26. The van der Waals surface area contributed by atoms with Gasteiger partial charge in [0, 0.05) is 28.3 Å². The van der Waals surface area contributed by atoms with E-state index >= 15 is 0 Å². The lowest BCUT2D eigenvalue weighted by molar-refractivity contribution is -0.384. The number of nitrogens with zero attached hydrogens (tertiary/aromatic N) is 4. The van der Waals surface area contributed by atoms with Gasteiger partial charge in [-0.25, -0.2) is 0 Å². The maximum absolute atomic E-state index is 11.0. The Kier molecular flexibility index (Phi) is 3.97. The van der Waals surface area contributed by atoms with E-state index in [2.05, 4.69) is 10.2 Å². The highest BCUT2D eigenvalue weighted by atomic mass is 35.5. The third kappa shape index (κ3) is 3.03. The van der Waals surface area contributed by atoms with Crippen molar-refractivity contribution in [2.24, 2.45) is 5.73 Å². The molecule has 112 valence electrons. The summed E-state index contributed by atoms with van der Waals surface area (Å²) in [6, 6.07) is 4.35. The van der Waals surface area contributed by atoms with Gasteiger partial charge >= 0.3 is 0 Å². The number of nitrogens with two attached hydrogens (primary N) is 1. The van der Waals surface area contributed by atoms with Crippen molar-refractivity contribution in [3.63, 3.8) is 0 Å². The van der Waals surface area contributed by atoms with Gasteiger partial charge in [0.2, 0.25) is 0 Å². The van der Waals surface area contributed by atoms with Gasteiger partial charge in [0.15, 0.2) is 5.82 Å². The van der Waals surface area contributed by atoms with Gasteiger partial charge in [0.1, 0.15) is 5.82 Å². The van der Waals surface area contributed by atoms with Gasteiger partial charge in [-0.3, -0.25) is 10.1 Å². The second-order valence-electron chi connectivity index (χ2n) is 5.61. The molecule has 1 heterocycles. The number of aromatic nitrogens is 3. The molecule has 0 unspecified atom stereocenters. The minimum atomic E-state index is -0.489. The van der Waals surface area contributed by atoms with E-state index in [4.69, 9.17) is 17.3 Å². The molecular formula is C13H16ClN5O2. The predicted octanol–water partition coefficient (Wildman–Crippen LogP) is 2.72. The Morgan fingerprint density at radius 3 is 2.52 bits per heavy atom. The molecule has 2 aromatic rings.